The summed E-state index contributed by atoms with van der Waals surface area (Å²) in [6, 6.07) is 17.2. The van der Waals surface area contributed by atoms with Crippen molar-refractivity contribution in [1.29, 1.82) is 0 Å². The van der Waals surface area contributed by atoms with E-state index in [-0.39, 0.29) is 29.1 Å². The van der Waals surface area contributed by atoms with Crippen molar-refractivity contribution in [3.05, 3.63) is 105 Å². The van der Waals surface area contributed by atoms with Gasteiger partial charge in [-0.15, -0.1) is 0 Å². The quantitative estimate of drug-likeness (QED) is 0.157. The Morgan fingerprint density at radius 1 is 1.00 bits per heavy atom. The van der Waals surface area contributed by atoms with E-state index in [1.54, 1.807) is 19.2 Å². The molecule has 9 heteroatoms. The van der Waals surface area contributed by atoms with Crippen LogP contribution in [0.15, 0.2) is 72.3 Å². The molecule has 0 saturated carbocycles. The van der Waals surface area contributed by atoms with Gasteiger partial charge in [-0.2, -0.15) is 0 Å². The normalized spacial score (nSPS) is 16.6. The van der Waals surface area contributed by atoms with Crippen LogP contribution in [0.2, 0.25) is 0 Å². The Balaban J connectivity index is 1.74. The smallest absolute Gasteiger partial charge is 0.295 e. The summed E-state index contributed by atoms with van der Waals surface area (Å²) in [5.41, 5.74) is 2.48. The average molecular weight is 503 g/mol. The number of amides is 1. The summed E-state index contributed by atoms with van der Waals surface area (Å²) in [6.07, 6.45) is 0.424. The molecule has 190 valence electrons. The molecule has 1 fully saturated rings. The minimum atomic E-state index is -0.824. The number of aliphatic hydroxyl groups is 1. The van der Waals surface area contributed by atoms with E-state index in [4.69, 9.17) is 9.47 Å². The van der Waals surface area contributed by atoms with Crippen molar-refractivity contribution < 1.29 is 29.1 Å². The summed E-state index contributed by atoms with van der Waals surface area (Å²) >= 11 is 0. The Hall–Kier alpha value is -4.66. The Bertz CT molecular complexity index is 1400. The molecule has 1 unspecified atom stereocenters. The molecule has 1 N–H and O–H groups in total. The Labute approximate surface area is 213 Å². The minimum Gasteiger partial charge on any atom is -0.507 e. The summed E-state index contributed by atoms with van der Waals surface area (Å²) in [5, 5.41) is 22.2. The lowest BCUT2D eigenvalue weighted by Gasteiger charge is -2.26. The van der Waals surface area contributed by atoms with Crippen molar-refractivity contribution in [3.63, 3.8) is 0 Å². The first-order valence-electron chi connectivity index (χ1n) is 11.6. The second kappa shape index (κ2) is 10.5. The molecule has 1 heterocycles. The molecule has 9 nitrogen and oxygen atoms in total. The Morgan fingerprint density at radius 2 is 1.70 bits per heavy atom. The molecule has 0 spiro atoms. The number of hydrogen-bond donors (Lipinski definition) is 1. The highest BCUT2D eigenvalue weighted by Crippen LogP contribution is 2.40. The number of aryl methyl sites for hydroxylation is 1. The predicted molar refractivity (Wildman–Crippen MR) is 137 cm³/mol. The number of carbonyl (C=O) groups excluding carboxylic acids is 2. The molecule has 1 atom stereocenters. The highest BCUT2D eigenvalue weighted by atomic mass is 16.6. The molecule has 4 rings (SSSR count). The van der Waals surface area contributed by atoms with Gasteiger partial charge in [0, 0.05) is 24.2 Å². The van der Waals surface area contributed by atoms with Crippen molar-refractivity contribution in [1.82, 2.24) is 4.90 Å². The Morgan fingerprint density at radius 3 is 2.32 bits per heavy atom. The molecule has 1 amide bonds. The second-order valence-corrected chi connectivity index (χ2v) is 8.65. The summed E-state index contributed by atoms with van der Waals surface area (Å²) in [4.78, 5) is 38.3. The average Bonchev–Trinajstić information content (AvgIpc) is 3.16. The fourth-order valence-corrected chi connectivity index (χ4v) is 4.48. The first-order chi connectivity index (χ1) is 17.7. The van der Waals surface area contributed by atoms with E-state index in [1.165, 1.54) is 36.3 Å². The van der Waals surface area contributed by atoms with Crippen LogP contribution >= 0.6 is 0 Å². The van der Waals surface area contributed by atoms with Crippen LogP contribution in [0.25, 0.3) is 5.76 Å². The number of benzene rings is 3. The molecule has 0 aliphatic carbocycles. The predicted octanol–water partition coefficient (Wildman–Crippen LogP) is 4.58. The number of likely N-dealkylation sites (tertiary alicyclic amines) is 1. The number of Topliss-reactive ketones (excluding diaryl/α,β-unsaturated/α-hetero) is 1. The third-order valence-corrected chi connectivity index (χ3v) is 6.34. The second-order valence-electron chi connectivity index (χ2n) is 8.65. The van der Waals surface area contributed by atoms with Gasteiger partial charge in [0.05, 0.1) is 30.8 Å². The van der Waals surface area contributed by atoms with E-state index < -0.39 is 22.7 Å². The van der Waals surface area contributed by atoms with E-state index in [1.807, 2.05) is 37.3 Å². The van der Waals surface area contributed by atoms with Crippen LogP contribution in [-0.4, -0.2) is 47.4 Å². The van der Waals surface area contributed by atoms with Gasteiger partial charge in [0.1, 0.15) is 5.76 Å². The van der Waals surface area contributed by atoms with E-state index >= 15 is 0 Å². The summed E-state index contributed by atoms with van der Waals surface area (Å²) in [7, 11) is 3.08. The molecule has 1 aliphatic heterocycles. The topological polar surface area (TPSA) is 119 Å². The maximum atomic E-state index is 13.2. The number of nitrogens with zero attached hydrogens (tertiary/aromatic N) is 2. The van der Waals surface area contributed by atoms with Gasteiger partial charge in [0.2, 0.25) is 0 Å². The maximum Gasteiger partial charge on any atom is 0.295 e. The van der Waals surface area contributed by atoms with Crippen molar-refractivity contribution in [3.8, 4) is 11.5 Å². The number of ether oxygens (including phenoxy) is 2. The van der Waals surface area contributed by atoms with Crippen molar-refractivity contribution in [2.24, 2.45) is 0 Å². The van der Waals surface area contributed by atoms with E-state index in [0.29, 0.717) is 23.5 Å². The number of hydrogen-bond acceptors (Lipinski definition) is 7. The number of carbonyl (C=O) groups is 2. The first kappa shape index (κ1) is 25.4. The number of rotatable bonds is 8. The highest BCUT2D eigenvalue weighted by Gasteiger charge is 2.45. The number of ketones is 1. The number of non-ortho nitro benzene ring substituents is 1. The van der Waals surface area contributed by atoms with Crippen LogP contribution in [0.1, 0.15) is 28.3 Å². The third-order valence-electron chi connectivity index (χ3n) is 6.34. The number of methoxy groups -OCH3 is 2. The van der Waals surface area contributed by atoms with Crippen LogP contribution in [0, 0.1) is 17.0 Å². The van der Waals surface area contributed by atoms with E-state index in [2.05, 4.69) is 0 Å². The van der Waals surface area contributed by atoms with Gasteiger partial charge >= 0.3 is 0 Å². The largest absolute Gasteiger partial charge is 0.507 e. The molecular formula is C28H26N2O7. The molecule has 37 heavy (non-hydrogen) atoms. The molecular weight excluding hydrogens is 476 g/mol. The van der Waals surface area contributed by atoms with Crippen molar-refractivity contribution in [2.75, 3.05) is 20.8 Å². The van der Waals surface area contributed by atoms with Crippen LogP contribution in [0.3, 0.4) is 0 Å². The third kappa shape index (κ3) is 5.02. The van der Waals surface area contributed by atoms with E-state index in [9.17, 15) is 24.8 Å². The molecule has 3 aromatic carbocycles. The minimum absolute atomic E-state index is 0.0586. The number of nitro benzene ring substituents is 1. The van der Waals surface area contributed by atoms with Gasteiger partial charge in [-0.05, 0) is 48.7 Å². The maximum absolute atomic E-state index is 13.2. The molecule has 1 saturated heterocycles. The molecule has 0 radical (unpaired) electrons. The van der Waals surface area contributed by atoms with Gasteiger partial charge in [-0.3, -0.25) is 19.7 Å². The Kier molecular flexibility index (Phi) is 7.24. The zero-order valence-corrected chi connectivity index (χ0v) is 20.6. The van der Waals surface area contributed by atoms with Gasteiger partial charge < -0.3 is 19.5 Å². The lowest BCUT2D eigenvalue weighted by atomic mass is 9.94. The highest BCUT2D eigenvalue weighted by molar-refractivity contribution is 6.46. The fraction of sp³-hybridized carbons (Fsp3) is 0.214. The van der Waals surface area contributed by atoms with Crippen molar-refractivity contribution in [2.45, 2.75) is 19.4 Å². The van der Waals surface area contributed by atoms with Gasteiger partial charge in [0.25, 0.3) is 17.4 Å². The van der Waals surface area contributed by atoms with Gasteiger partial charge in [0.15, 0.2) is 11.5 Å². The van der Waals surface area contributed by atoms with Crippen molar-refractivity contribution >= 4 is 23.1 Å². The molecule has 0 bridgehead atoms. The molecule has 3 aromatic rings. The summed E-state index contributed by atoms with van der Waals surface area (Å²) in [6.45, 7) is 2.10. The first-order valence-corrected chi connectivity index (χ1v) is 11.6. The number of aliphatic hydroxyl groups excluding tert-OH is 1. The SMILES string of the molecule is COc1ccc(CCN2C(=O)C(=O)/C(=C(\O)c3ccc([N+](=O)[O-])cc3)C2c2cccc(C)c2)cc1OC. The molecule has 0 aromatic heterocycles. The summed E-state index contributed by atoms with van der Waals surface area (Å²) in [5.74, 6) is -0.788. The fourth-order valence-electron chi connectivity index (χ4n) is 4.48. The van der Waals surface area contributed by atoms with Crippen LogP contribution < -0.4 is 9.47 Å². The number of nitro groups is 1. The zero-order chi connectivity index (χ0) is 26.7. The lowest BCUT2D eigenvalue weighted by Crippen LogP contribution is -2.31. The lowest BCUT2D eigenvalue weighted by molar-refractivity contribution is -0.384. The zero-order valence-electron chi connectivity index (χ0n) is 20.6. The van der Waals surface area contributed by atoms with Gasteiger partial charge in [-0.1, -0.05) is 35.9 Å². The van der Waals surface area contributed by atoms with Crippen LogP contribution in [-0.2, 0) is 16.0 Å². The van der Waals surface area contributed by atoms with E-state index in [0.717, 1.165) is 11.1 Å². The van der Waals surface area contributed by atoms with Gasteiger partial charge in [-0.25, -0.2) is 0 Å². The monoisotopic (exact) mass is 502 g/mol. The standard InChI is InChI=1S/C28H26N2O7/c1-17-5-4-6-20(15-17)25-24(26(31)19-8-10-21(11-9-19)30(34)35)27(32)28(33)29(25)14-13-18-7-12-22(36-2)23(16-18)37-3/h4-12,15-16,25,31H,13-14H2,1-3H3/b26-24-. The van der Waals surface area contributed by atoms with Crippen LogP contribution in [0.5, 0.6) is 11.5 Å². The van der Waals surface area contributed by atoms with Crippen LogP contribution in [0.4, 0.5) is 5.69 Å². The molecule has 1 aliphatic rings. The summed E-state index contributed by atoms with van der Waals surface area (Å²) < 4.78 is 10.7.